The molecule has 0 radical (unpaired) electrons. The van der Waals surface area contributed by atoms with Gasteiger partial charge in [-0.05, 0) is 37.2 Å². The zero-order valence-electron chi connectivity index (χ0n) is 13.6. The predicted octanol–water partition coefficient (Wildman–Crippen LogP) is 2.38. The van der Waals surface area contributed by atoms with Gasteiger partial charge in [-0.2, -0.15) is 5.26 Å². The third-order valence-electron chi connectivity index (χ3n) is 5.44. The van der Waals surface area contributed by atoms with Gasteiger partial charge in [-0.3, -0.25) is 14.6 Å². The average Bonchev–Trinajstić information content (AvgIpc) is 3.33. The Bertz CT molecular complexity index is 940. The van der Waals surface area contributed by atoms with Gasteiger partial charge in [-0.25, -0.2) is 0 Å². The Labute approximate surface area is 139 Å². The van der Waals surface area contributed by atoms with E-state index in [-0.39, 0.29) is 11.3 Å². The molecule has 0 unspecified atom stereocenters. The van der Waals surface area contributed by atoms with Crippen molar-refractivity contribution in [3.8, 4) is 6.07 Å². The molecule has 0 bridgehead atoms. The summed E-state index contributed by atoms with van der Waals surface area (Å²) in [6, 6.07) is 3.73. The summed E-state index contributed by atoms with van der Waals surface area (Å²) in [5, 5.41) is 10.2. The largest absolute Gasteiger partial charge is 0.370 e. The fourth-order valence-corrected chi connectivity index (χ4v) is 3.68. The normalized spacial score (nSPS) is 18.6. The predicted molar refractivity (Wildman–Crippen MR) is 90.2 cm³/mol. The van der Waals surface area contributed by atoms with Crippen LogP contribution in [0.1, 0.15) is 48.7 Å². The summed E-state index contributed by atoms with van der Waals surface area (Å²) >= 11 is 0. The maximum Gasteiger partial charge on any atom is 0.268 e. The van der Waals surface area contributed by atoms with Crippen molar-refractivity contribution < 1.29 is 4.79 Å². The molecular formula is C18H18N4O2. The van der Waals surface area contributed by atoms with E-state index in [0.717, 1.165) is 31.3 Å². The number of H-pyrrole nitrogens is 1. The Morgan fingerprint density at radius 1 is 1.33 bits per heavy atom. The summed E-state index contributed by atoms with van der Waals surface area (Å²) in [6.45, 7) is 3.14. The zero-order valence-corrected chi connectivity index (χ0v) is 13.6. The van der Waals surface area contributed by atoms with E-state index in [1.54, 1.807) is 6.07 Å². The molecule has 1 N–H and O–H groups in total. The van der Waals surface area contributed by atoms with Crippen LogP contribution in [-0.4, -0.2) is 28.8 Å². The second-order valence-corrected chi connectivity index (χ2v) is 6.95. The number of carbonyl (C=O) groups excluding carboxylic acids is 1. The first-order chi connectivity index (χ1) is 11.5. The Morgan fingerprint density at radius 2 is 2.04 bits per heavy atom. The second-order valence-electron chi connectivity index (χ2n) is 6.95. The van der Waals surface area contributed by atoms with Crippen molar-refractivity contribution in [3.05, 3.63) is 33.9 Å². The van der Waals surface area contributed by atoms with Crippen LogP contribution in [0.5, 0.6) is 0 Å². The number of rotatable bonds is 2. The molecule has 2 aromatic heterocycles. The van der Waals surface area contributed by atoms with Gasteiger partial charge >= 0.3 is 0 Å². The van der Waals surface area contributed by atoms with Gasteiger partial charge in [0, 0.05) is 25.4 Å². The van der Waals surface area contributed by atoms with Crippen LogP contribution in [-0.2, 0) is 0 Å². The molecule has 1 saturated carbocycles. The van der Waals surface area contributed by atoms with E-state index in [0.29, 0.717) is 22.3 Å². The van der Waals surface area contributed by atoms with Gasteiger partial charge in [-0.15, -0.1) is 0 Å². The van der Waals surface area contributed by atoms with Crippen LogP contribution in [0.3, 0.4) is 0 Å². The van der Waals surface area contributed by atoms with E-state index in [9.17, 15) is 14.9 Å². The van der Waals surface area contributed by atoms with Crippen molar-refractivity contribution in [1.82, 2.24) is 9.97 Å². The summed E-state index contributed by atoms with van der Waals surface area (Å²) in [5.74, 6) is -0.136. The lowest BCUT2D eigenvalue weighted by atomic mass is 9.92. The first kappa shape index (κ1) is 14.9. The minimum atomic E-state index is -0.399. The maximum absolute atomic E-state index is 12.3. The number of aromatic nitrogens is 2. The first-order valence-electron chi connectivity index (χ1n) is 8.25. The fourth-order valence-electron chi connectivity index (χ4n) is 3.68. The molecule has 6 heteroatoms. The number of Topliss-reactive ketones (excluding diaryl/α,β-unsaturated/α-hetero) is 1. The van der Waals surface area contributed by atoms with Crippen LogP contribution >= 0.6 is 0 Å². The third-order valence-corrected chi connectivity index (χ3v) is 5.44. The number of aromatic amines is 1. The SMILES string of the molecule is CC(=O)c1cc2c(N3CCC4(CC3)CC4)c(C#N)c(=O)[nH]c2cn1. The fraction of sp³-hybridized carbons (Fsp3) is 0.444. The summed E-state index contributed by atoms with van der Waals surface area (Å²) in [7, 11) is 0. The number of piperidine rings is 1. The van der Waals surface area contributed by atoms with Gasteiger partial charge in [0.1, 0.15) is 17.3 Å². The smallest absolute Gasteiger partial charge is 0.268 e. The maximum atomic E-state index is 12.3. The van der Waals surface area contributed by atoms with Gasteiger partial charge in [0.15, 0.2) is 5.78 Å². The standard InChI is InChI=1S/C18H18N4O2/c1-11(23)14-8-12-15(10-20-14)21-17(24)13(9-19)16(12)22-6-4-18(2-3-18)5-7-22/h8,10H,2-7H2,1H3,(H,21,24). The number of carbonyl (C=O) groups is 1. The number of anilines is 1. The van der Waals surface area contributed by atoms with Gasteiger partial charge < -0.3 is 9.88 Å². The molecule has 0 amide bonds. The molecule has 1 aliphatic carbocycles. The molecule has 2 fully saturated rings. The highest BCUT2D eigenvalue weighted by Crippen LogP contribution is 2.54. The summed E-state index contributed by atoms with van der Waals surface area (Å²) in [5.41, 5.74) is 1.78. The molecule has 1 saturated heterocycles. The molecule has 0 atom stereocenters. The Hall–Kier alpha value is -2.68. The molecule has 2 aliphatic rings. The summed E-state index contributed by atoms with van der Waals surface area (Å²) < 4.78 is 0. The quantitative estimate of drug-likeness (QED) is 0.857. The van der Waals surface area contributed by atoms with Gasteiger partial charge in [0.2, 0.25) is 0 Å². The Balaban J connectivity index is 1.90. The number of hydrogen-bond acceptors (Lipinski definition) is 5. The van der Waals surface area contributed by atoms with Crippen molar-refractivity contribution in [2.24, 2.45) is 5.41 Å². The number of nitrogens with zero attached hydrogens (tertiary/aromatic N) is 3. The number of ketones is 1. The molecule has 4 rings (SSSR count). The summed E-state index contributed by atoms with van der Waals surface area (Å²) in [6.07, 6.45) is 6.28. The van der Waals surface area contributed by atoms with Crippen LogP contribution < -0.4 is 10.5 Å². The zero-order chi connectivity index (χ0) is 16.9. The Morgan fingerprint density at radius 3 is 2.62 bits per heavy atom. The van der Waals surface area contributed by atoms with Gasteiger partial charge in [0.05, 0.1) is 17.4 Å². The van der Waals surface area contributed by atoms with Gasteiger partial charge in [0.25, 0.3) is 5.56 Å². The second kappa shape index (κ2) is 5.17. The minimum Gasteiger partial charge on any atom is -0.370 e. The minimum absolute atomic E-state index is 0.120. The van der Waals surface area contributed by atoms with Crippen molar-refractivity contribution in [2.75, 3.05) is 18.0 Å². The van der Waals surface area contributed by atoms with E-state index in [1.807, 2.05) is 6.07 Å². The monoisotopic (exact) mass is 322 g/mol. The number of nitriles is 1. The lowest BCUT2D eigenvalue weighted by Gasteiger charge is -2.34. The Kier molecular flexibility index (Phi) is 3.20. The van der Waals surface area contributed by atoms with E-state index >= 15 is 0 Å². The first-order valence-corrected chi connectivity index (χ1v) is 8.25. The lowest BCUT2D eigenvalue weighted by Crippen LogP contribution is -2.36. The lowest BCUT2D eigenvalue weighted by molar-refractivity contribution is 0.101. The summed E-state index contributed by atoms with van der Waals surface area (Å²) in [4.78, 5) is 32.9. The van der Waals surface area contributed by atoms with Crippen LogP contribution in [0.15, 0.2) is 17.1 Å². The van der Waals surface area contributed by atoms with Crippen LogP contribution in [0.2, 0.25) is 0 Å². The molecule has 1 spiro atoms. The van der Waals surface area contributed by atoms with E-state index in [4.69, 9.17) is 0 Å². The van der Waals surface area contributed by atoms with Crippen LogP contribution in [0.25, 0.3) is 10.9 Å². The average molecular weight is 322 g/mol. The molecule has 3 heterocycles. The topological polar surface area (TPSA) is 89.9 Å². The number of hydrogen-bond donors (Lipinski definition) is 1. The number of nitrogens with one attached hydrogen (secondary N) is 1. The van der Waals surface area contributed by atoms with Crippen molar-refractivity contribution >= 4 is 22.4 Å². The van der Waals surface area contributed by atoms with E-state index < -0.39 is 5.56 Å². The molecule has 1 aliphatic heterocycles. The van der Waals surface area contributed by atoms with E-state index in [1.165, 1.54) is 26.0 Å². The molecule has 0 aromatic carbocycles. The molecule has 122 valence electrons. The molecule has 2 aromatic rings. The third kappa shape index (κ3) is 2.28. The van der Waals surface area contributed by atoms with Crippen LogP contribution in [0.4, 0.5) is 5.69 Å². The van der Waals surface area contributed by atoms with Gasteiger partial charge in [-0.1, -0.05) is 0 Å². The highest BCUT2D eigenvalue weighted by Gasteiger charge is 2.44. The van der Waals surface area contributed by atoms with E-state index in [2.05, 4.69) is 14.9 Å². The highest BCUT2D eigenvalue weighted by atomic mass is 16.1. The number of fused-ring (bicyclic) bond motifs is 1. The molecule has 24 heavy (non-hydrogen) atoms. The van der Waals surface area contributed by atoms with Crippen molar-refractivity contribution in [1.29, 1.82) is 5.26 Å². The molecular weight excluding hydrogens is 304 g/mol. The molecule has 6 nitrogen and oxygen atoms in total. The van der Waals surface area contributed by atoms with Crippen LogP contribution in [0, 0.1) is 16.7 Å². The van der Waals surface area contributed by atoms with Crippen molar-refractivity contribution in [3.63, 3.8) is 0 Å². The van der Waals surface area contributed by atoms with Crippen molar-refractivity contribution in [2.45, 2.75) is 32.6 Å². The number of pyridine rings is 2. The highest BCUT2D eigenvalue weighted by molar-refractivity contribution is 6.00.